The number of nitrogens with one attached hydrogen (secondary N) is 1. The van der Waals surface area contributed by atoms with Crippen molar-refractivity contribution in [3.05, 3.63) is 11.7 Å². The lowest BCUT2D eigenvalue weighted by Crippen LogP contribution is -2.58. The highest BCUT2D eigenvalue weighted by molar-refractivity contribution is 5.02. The minimum Gasteiger partial charge on any atom is -0.370 e. The van der Waals surface area contributed by atoms with E-state index in [1.807, 2.05) is 0 Å². The third-order valence-corrected chi connectivity index (χ3v) is 4.72. The average Bonchev–Trinajstić information content (AvgIpc) is 2.81. The third kappa shape index (κ3) is 3.12. The van der Waals surface area contributed by atoms with Gasteiger partial charge in [0.25, 0.3) is 5.89 Å². The first-order chi connectivity index (χ1) is 10.2. The molecule has 2 fully saturated rings. The summed E-state index contributed by atoms with van der Waals surface area (Å²) in [5.74, 6) is 1.22. The minimum absolute atomic E-state index is 0.101. The first-order valence-corrected chi connectivity index (χ1v) is 7.89. The van der Waals surface area contributed by atoms with Crippen molar-refractivity contribution in [2.45, 2.75) is 63.3 Å². The van der Waals surface area contributed by atoms with Gasteiger partial charge in [-0.25, -0.2) is 0 Å². The maximum atomic E-state index is 5.84. The number of methoxy groups -OCH3 is 1. The van der Waals surface area contributed by atoms with Gasteiger partial charge in [-0.3, -0.25) is 0 Å². The van der Waals surface area contributed by atoms with Gasteiger partial charge in [-0.05, 0) is 19.8 Å². The number of hydrogen-bond donors (Lipinski definition) is 1. The van der Waals surface area contributed by atoms with E-state index >= 15 is 0 Å². The van der Waals surface area contributed by atoms with Gasteiger partial charge in [0.1, 0.15) is 12.2 Å². The Balaban J connectivity index is 1.67. The van der Waals surface area contributed by atoms with Gasteiger partial charge < -0.3 is 19.3 Å². The highest BCUT2D eigenvalue weighted by Crippen LogP contribution is 2.37. The molecule has 1 saturated heterocycles. The Labute approximate surface area is 125 Å². The maximum Gasteiger partial charge on any atom is 0.252 e. The molecular weight excluding hydrogens is 270 g/mol. The van der Waals surface area contributed by atoms with Crippen molar-refractivity contribution in [2.24, 2.45) is 0 Å². The summed E-state index contributed by atoms with van der Waals surface area (Å²) in [5.41, 5.74) is -0.476. The molecule has 0 spiro atoms. The number of hydrogen-bond acceptors (Lipinski definition) is 6. The maximum absolute atomic E-state index is 5.84. The Morgan fingerprint density at radius 3 is 2.48 bits per heavy atom. The van der Waals surface area contributed by atoms with Gasteiger partial charge in [-0.2, -0.15) is 4.98 Å². The normalized spacial score (nSPS) is 24.3. The highest BCUT2D eigenvalue weighted by atomic mass is 16.5. The van der Waals surface area contributed by atoms with Gasteiger partial charge in [0.05, 0.1) is 5.60 Å². The molecule has 0 aromatic carbocycles. The Bertz CT molecular complexity index is 462. The fourth-order valence-electron chi connectivity index (χ4n) is 3.13. The molecule has 1 aromatic heterocycles. The molecule has 0 atom stereocenters. The molecule has 0 bridgehead atoms. The van der Waals surface area contributed by atoms with Crippen molar-refractivity contribution < 1.29 is 14.0 Å². The zero-order valence-electron chi connectivity index (χ0n) is 13.0. The van der Waals surface area contributed by atoms with Gasteiger partial charge in [0, 0.05) is 20.2 Å². The molecule has 1 aliphatic heterocycles. The largest absolute Gasteiger partial charge is 0.370 e. The molecule has 0 amide bonds. The van der Waals surface area contributed by atoms with Crippen LogP contribution in [-0.4, -0.2) is 35.9 Å². The van der Waals surface area contributed by atoms with E-state index in [0.29, 0.717) is 18.3 Å². The molecule has 3 rings (SSSR count). The predicted molar refractivity (Wildman–Crippen MR) is 76.8 cm³/mol. The second-order valence-corrected chi connectivity index (χ2v) is 6.47. The van der Waals surface area contributed by atoms with Crippen LogP contribution in [0.15, 0.2) is 4.52 Å². The van der Waals surface area contributed by atoms with Crippen molar-refractivity contribution in [3.8, 4) is 0 Å². The molecule has 118 valence electrons. The van der Waals surface area contributed by atoms with E-state index in [2.05, 4.69) is 22.4 Å². The van der Waals surface area contributed by atoms with E-state index in [1.54, 1.807) is 7.11 Å². The van der Waals surface area contributed by atoms with Crippen LogP contribution in [0.5, 0.6) is 0 Å². The van der Waals surface area contributed by atoms with Crippen LogP contribution < -0.4 is 5.32 Å². The molecule has 6 heteroatoms. The standard InChI is InChI=1S/C15H25N3O3/c1-14(10-16-11-14)20-9-12-17-13(18-21-12)15(19-2)7-5-3-4-6-8-15/h16H,3-11H2,1-2H3. The summed E-state index contributed by atoms with van der Waals surface area (Å²) in [6, 6.07) is 0. The predicted octanol–water partition coefficient (Wildman–Crippen LogP) is 2.14. The van der Waals surface area contributed by atoms with E-state index in [9.17, 15) is 0 Å². The van der Waals surface area contributed by atoms with Crippen LogP contribution in [0.1, 0.15) is 57.2 Å². The van der Waals surface area contributed by atoms with Crippen LogP contribution in [0.4, 0.5) is 0 Å². The summed E-state index contributed by atoms with van der Waals surface area (Å²) in [4.78, 5) is 4.53. The summed E-state index contributed by atoms with van der Waals surface area (Å²) in [5, 5.41) is 7.37. The zero-order chi connectivity index (χ0) is 14.8. The van der Waals surface area contributed by atoms with E-state index in [1.165, 1.54) is 12.8 Å². The van der Waals surface area contributed by atoms with Crippen LogP contribution in [-0.2, 0) is 21.7 Å². The van der Waals surface area contributed by atoms with Gasteiger partial charge >= 0.3 is 0 Å². The van der Waals surface area contributed by atoms with Gasteiger partial charge in [0.15, 0.2) is 0 Å². The Morgan fingerprint density at radius 2 is 1.90 bits per heavy atom. The summed E-state index contributed by atoms with van der Waals surface area (Å²) < 4.78 is 17.0. The van der Waals surface area contributed by atoms with Crippen LogP contribution in [0, 0.1) is 0 Å². The van der Waals surface area contributed by atoms with Gasteiger partial charge in [-0.15, -0.1) is 0 Å². The molecule has 1 N–H and O–H groups in total. The smallest absolute Gasteiger partial charge is 0.252 e. The molecule has 0 radical (unpaired) electrons. The number of ether oxygens (including phenoxy) is 2. The summed E-state index contributed by atoms with van der Waals surface area (Å²) >= 11 is 0. The van der Waals surface area contributed by atoms with Crippen molar-refractivity contribution >= 4 is 0 Å². The second-order valence-electron chi connectivity index (χ2n) is 6.47. The van der Waals surface area contributed by atoms with Crippen LogP contribution >= 0.6 is 0 Å². The van der Waals surface area contributed by atoms with Crippen molar-refractivity contribution in [2.75, 3.05) is 20.2 Å². The lowest BCUT2D eigenvalue weighted by atomic mass is 9.93. The number of nitrogens with zero attached hydrogens (tertiary/aromatic N) is 2. The van der Waals surface area contributed by atoms with E-state index < -0.39 is 0 Å². The van der Waals surface area contributed by atoms with Crippen molar-refractivity contribution in [1.29, 1.82) is 0 Å². The molecule has 1 aromatic rings. The summed E-state index contributed by atoms with van der Waals surface area (Å²) in [6.45, 7) is 4.19. The van der Waals surface area contributed by atoms with Crippen LogP contribution in [0.2, 0.25) is 0 Å². The lowest BCUT2D eigenvalue weighted by Gasteiger charge is -2.38. The molecule has 1 saturated carbocycles. The zero-order valence-corrected chi connectivity index (χ0v) is 13.0. The van der Waals surface area contributed by atoms with Crippen molar-refractivity contribution in [3.63, 3.8) is 0 Å². The minimum atomic E-state index is -0.375. The van der Waals surface area contributed by atoms with E-state index in [-0.39, 0.29) is 11.2 Å². The first kappa shape index (κ1) is 14.9. The molecule has 2 heterocycles. The lowest BCUT2D eigenvalue weighted by molar-refractivity contribution is -0.0841. The molecule has 6 nitrogen and oxygen atoms in total. The summed E-state index contributed by atoms with van der Waals surface area (Å²) in [7, 11) is 1.75. The topological polar surface area (TPSA) is 69.4 Å². The number of rotatable bonds is 5. The van der Waals surface area contributed by atoms with E-state index in [4.69, 9.17) is 14.0 Å². The van der Waals surface area contributed by atoms with Gasteiger partial charge in [0.2, 0.25) is 5.82 Å². The quantitative estimate of drug-likeness (QED) is 0.839. The Morgan fingerprint density at radius 1 is 1.19 bits per heavy atom. The Hall–Kier alpha value is -0.980. The fourth-order valence-corrected chi connectivity index (χ4v) is 3.13. The monoisotopic (exact) mass is 295 g/mol. The van der Waals surface area contributed by atoms with Crippen molar-refractivity contribution in [1.82, 2.24) is 15.5 Å². The third-order valence-electron chi connectivity index (χ3n) is 4.72. The molecule has 1 aliphatic carbocycles. The Kier molecular flexibility index (Phi) is 4.28. The molecule has 21 heavy (non-hydrogen) atoms. The molecule has 0 unspecified atom stereocenters. The highest BCUT2D eigenvalue weighted by Gasteiger charge is 2.38. The SMILES string of the molecule is COC1(c2noc(COC3(C)CNC3)n2)CCCCCC1. The number of aromatic nitrogens is 2. The summed E-state index contributed by atoms with van der Waals surface area (Å²) in [6.07, 6.45) is 6.74. The molecule has 2 aliphatic rings. The van der Waals surface area contributed by atoms with Gasteiger partial charge in [-0.1, -0.05) is 30.8 Å². The second kappa shape index (κ2) is 6.02. The van der Waals surface area contributed by atoms with E-state index in [0.717, 1.165) is 38.8 Å². The fraction of sp³-hybridized carbons (Fsp3) is 0.867. The molecular formula is C15H25N3O3. The van der Waals surface area contributed by atoms with Crippen LogP contribution in [0.25, 0.3) is 0 Å². The first-order valence-electron chi connectivity index (χ1n) is 7.89. The van der Waals surface area contributed by atoms with Crippen LogP contribution in [0.3, 0.4) is 0 Å². The average molecular weight is 295 g/mol.